The zero-order valence-electron chi connectivity index (χ0n) is 9.51. The second-order valence-electron chi connectivity index (χ2n) is 2.77. The molecule has 1 aromatic rings. The summed E-state index contributed by atoms with van der Waals surface area (Å²) in [6.07, 6.45) is -0.920. The summed E-state index contributed by atoms with van der Waals surface area (Å²) in [6, 6.07) is 0.994. The number of hydrogen-bond donors (Lipinski definition) is 1. The number of methoxy groups -OCH3 is 1. The first-order valence-electron chi connectivity index (χ1n) is 4.13. The summed E-state index contributed by atoms with van der Waals surface area (Å²) in [5, 5.41) is 16.1. The molecule has 0 aliphatic carbocycles. The summed E-state index contributed by atoms with van der Waals surface area (Å²) in [5.41, 5.74) is -0.478. The van der Waals surface area contributed by atoms with Crippen LogP contribution in [-0.4, -0.2) is 34.9 Å². The van der Waals surface area contributed by atoms with Gasteiger partial charge in [-0.3, -0.25) is 4.79 Å². The quantitative estimate of drug-likeness (QED) is 0.532. The van der Waals surface area contributed by atoms with Gasteiger partial charge in [0.05, 0.1) is 13.1 Å². The van der Waals surface area contributed by atoms with E-state index in [-0.39, 0.29) is 35.4 Å². The van der Waals surface area contributed by atoms with Crippen molar-refractivity contribution >= 4 is 23.8 Å². The molecule has 0 bridgehead atoms. The Bertz CT molecular complexity index is 456. The summed E-state index contributed by atoms with van der Waals surface area (Å²) in [6.45, 7) is 1.20. The third-order valence-electron chi connectivity index (χ3n) is 1.57. The van der Waals surface area contributed by atoms with Crippen molar-refractivity contribution < 1.29 is 53.8 Å². The number of carboxylic acid groups (broad SMARTS) is 1. The Morgan fingerprint density at radius 1 is 1.47 bits per heavy atom. The van der Waals surface area contributed by atoms with Crippen molar-refractivity contribution in [2.45, 2.75) is 6.92 Å². The molecule has 0 saturated heterocycles. The number of aromatic carboxylic acids is 1. The Labute approximate surface area is 118 Å². The van der Waals surface area contributed by atoms with Gasteiger partial charge in [0, 0.05) is 13.0 Å². The van der Waals surface area contributed by atoms with E-state index in [9.17, 15) is 19.5 Å². The van der Waals surface area contributed by atoms with Crippen LogP contribution in [0.25, 0.3) is 0 Å². The van der Waals surface area contributed by atoms with E-state index in [2.05, 4.69) is 15.2 Å². The Morgan fingerprint density at radius 3 is 2.47 bits per heavy atom. The summed E-state index contributed by atoms with van der Waals surface area (Å²) in [4.78, 5) is 32.5. The number of carbonyl (C=O) groups is 3. The van der Waals surface area contributed by atoms with E-state index < -0.39 is 23.7 Å². The van der Waals surface area contributed by atoms with E-state index in [1.165, 1.54) is 6.92 Å². The molecule has 0 radical (unpaired) electrons. The van der Waals surface area contributed by atoms with E-state index in [0.717, 1.165) is 13.2 Å². The fourth-order valence-electron chi connectivity index (χ4n) is 0.976. The van der Waals surface area contributed by atoms with Gasteiger partial charge < -0.3 is 20.0 Å². The fourth-order valence-corrected chi connectivity index (χ4v) is 0.976. The van der Waals surface area contributed by atoms with Crippen LogP contribution in [0.3, 0.4) is 0 Å². The molecule has 17 heavy (non-hydrogen) atoms. The molecular weight excluding hydrogens is 241 g/mol. The number of anilines is 1. The topological polar surface area (TPSA) is 113 Å². The number of carboxylic acids is 1. The predicted molar refractivity (Wildman–Crippen MR) is 48.7 cm³/mol. The molecule has 0 aliphatic heterocycles. The molecule has 0 aliphatic rings. The summed E-state index contributed by atoms with van der Waals surface area (Å²) in [7, 11) is 1.10. The van der Waals surface area contributed by atoms with E-state index in [1.807, 2.05) is 0 Å². The Morgan fingerprint density at radius 2 is 2.06 bits per heavy atom. The molecule has 9 heteroatoms. The van der Waals surface area contributed by atoms with Crippen molar-refractivity contribution in [2.75, 3.05) is 12.4 Å². The largest absolute Gasteiger partial charge is 1.00 e. The van der Waals surface area contributed by atoms with Crippen LogP contribution >= 0.6 is 0 Å². The number of nitrogens with one attached hydrogen (secondary N) is 1. The summed E-state index contributed by atoms with van der Waals surface area (Å²) < 4.78 is 4.97. The second kappa shape index (κ2) is 6.38. The minimum atomic E-state index is -1.56. The smallest absolute Gasteiger partial charge is 0.543 e. The van der Waals surface area contributed by atoms with Crippen molar-refractivity contribution in [1.29, 1.82) is 0 Å². The minimum Gasteiger partial charge on any atom is -0.543 e. The van der Waals surface area contributed by atoms with Gasteiger partial charge in [-0.15, -0.1) is 4.68 Å². The van der Waals surface area contributed by atoms with Crippen molar-refractivity contribution in [1.82, 2.24) is 9.78 Å². The van der Waals surface area contributed by atoms with Crippen LogP contribution in [0.1, 0.15) is 17.4 Å². The van der Waals surface area contributed by atoms with Crippen LogP contribution in [-0.2, 0) is 9.53 Å². The van der Waals surface area contributed by atoms with Gasteiger partial charge in [-0.1, -0.05) is 0 Å². The molecule has 86 valence electrons. The molecule has 1 amide bonds. The first-order valence-corrected chi connectivity index (χ1v) is 4.13. The van der Waals surface area contributed by atoms with Crippen molar-refractivity contribution in [3.8, 4) is 0 Å². The summed E-state index contributed by atoms with van der Waals surface area (Å²) in [5.74, 6) is -2.14. The van der Waals surface area contributed by atoms with Gasteiger partial charge in [0.2, 0.25) is 5.91 Å². The SMILES string of the molecule is COC(=O)n1nc(C(=O)[O-])cc1NC(C)=O.[Na+]. The van der Waals surface area contributed by atoms with Gasteiger partial charge in [0.15, 0.2) is 0 Å². The molecule has 0 spiro atoms. The maximum atomic E-state index is 11.2. The number of rotatable bonds is 2. The number of ether oxygens (including phenoxy) is 1. The molecule has 0 aromatic carbocycles. The number of hydrogen-bond acceptors (Lipinski definition) is 6. The molecule has 1 aromatic heterocycles. The zero-order valence-corrected chi connectivity index (χ0v) is 11.5. The number of aromatic nitrogens is 2. The number of carbonyl (C=O) groups excluding carboxylic acids is 3. The zero-order chi connectivity index (χ0) is 12.3. The van der Waals surface area contributed by atoms with Crippen molar-refractivity contribution in [3.05, 3.63) is 11.8 Å². The Hall–Kier alpha value is -1.38. The van der Waals surface area contributed by atoms with Gasteiger partial charge in [-0.25, -0.2) is 4.79 Å². The van der Waals surface area contributed by atoms with E-state index >= 15 is 0 Å². The van der Waals surface area contributed by atoms with Gasteiger partial charge >= 0.3 is 35.7 Å². The Kier molecular flexibility index (Phi) is 5.86. The average Bonchev–Trinajstić information content (AvgIpc) is 2.59. The maximum absolute atomic E-state index is 11.2. The van der Waals surface area contributed by atoms with Gasteiger partial charge in [0.1, 0.15) is 11.5 Å². The molecule has 0 saturated carbocycles. The third-order valence-corrected chi connectivity index (χ3v) is 1.57. The fraction of sp³-hybridized carbons (Fsp3) is 0.250. The maximum Gasteiger partial charge on any atom is 1.00 e. The Balaban J connectivity index is 0.00000256. The third kappa shape index (κ3) is 3.84. The van der Waals surface area contributed by atoms with Gasteiger partial charge in [0.25, 0.3) is 0 Å². The molecule has 1 N–H and O–H groups in total. The predicted octanol–water partition coefficient (Wildman–Crippen LogP) is -4.18. The van der Waals surface area contributed by atoms with Crippen LogP contribution in [0, 0.1) is 0 Å². The molecule has 0 fully saturated rings. The van der Waals surface area contributed by atoms with E-state index in [1.54, 1.807) is 0 Å². The van der Waals surface area contributed by atoms with Crippen molar-refractivity contribution in [2.24, 2.45) is 0 Å². The summed E-state index contributed by atoms with van der Waals surface area (Å²) >= 11 is 0. The molecule has 0 unspecified atom stereocenters. The van der Waals surface area contributed by atoms with Crippen LogP contribution in [0.15, 0.2) is 6.07 Å². The van der Waals surface area contributed by atoms with Gasteiger partial charge in [-0.2, -0.15) is 5.10 Å². The monoisotopic (exact) mass is 249 g/mol. The van der Waals surface area contributed by atoms with Crippen molar-refractivity contribution in [3.63, 3.8) is 0 Å². The van der Waals surface area contributed by atoms with Gasteiger partial charge in [-0.05, 0) is 0 Å². The molecule has 1 rings (SSSR count). The number of amides is 1. The van der Waals surface area contributed by atoms with E-state index in [0.29, 0.717) is 4.68 Å². The molecule has 0 atom stereocenters. The van der Waals surface area contributed by atoms with E-state index in [4.69, 9.17) is 0 Å². The molecule has 1 heterocycles. The van der Waals surface area contributed by atoms with Crippen LogP contribution in [0.2, 0.25) is 0 Å². The van der Waals surface area contributed by atoms with Crippen LogP contribution in [0.4, 0.5) is 10.6 Å². The average molecular weight is 249 g/mol. The normalized spacial score (nSPS) is 9.06. The second-order valence-corrected chi connectivity index (χ2v) is 2.77. The minimum absolute atomic E-state index is 0. The molecular formula is C8H8N3NaO5. The first-order chi connectivity index (χ1) is 7.45. The van der Waals surface area contributed by atoms with Crippen LogP contribution in [0.5, 0.6) is 0 Å². The standard InChI is InChI=1S/C8H9N3O5.Na/c1-4(12)9-6-3-5(7(13)14)10-11(6)8(15)16-2;/h3H,1-2H3,(H,9,12)(H,13,14);/q;+1/p-1. The molecule has 8 nitrogen and oxygen atoms in total. The van der Waals surface area contributed by atoms with Crippen LogP contribution < -0.4 is 40.0 Å². The first kappa shape index (κ1) is 15.6. The number of nitrogens with zero attached hydrogens (tertiary/aromatic N) is 2.